The summed E-state index contributed by atoms with van der Waals surface area (Å²) in [5.74, 6) is 0. The Morgan fingerprint density at radius 3 is 2.36 bits per heavy atom. The lowest BCUT2D eigenvalue weighted by Gasteiger charge is -2.27. The monoisotopic (exact) mass is 213 g/mol. The molecule has 0 saturated heterocycles. The fourth-order valence-electron chi connectivity index (χ4n) is 1.26. The van der Waals surface area contributed by atoms with Gasteiger partial charge in [-0.05, 0) is 17.5 Å². The van der Waals surface area contributed by atoms with E-state index in [0.29, 0.717) is 10.7 Å². The number of nitrogen functional groups attached to an aromatic ring is 1. The zero-order valence-electron chi connectivity index (χ0n) is 8.71. The summed E-state index contributed by atoms with van der Waals surface area (Å²) in [5, 5.41) is 10.6. The molecule has 0 aliphatic carbocycles. The van der Waals surface area contributed by atoms with Crippen LogP contribution in [0.5, 0.6) is 0 Å². The first-order valence-corrected chi connectivity index (χ1v) is 4.93. The van der Waals surface area contributed by atoms with Crippen LogP contribution >= 0.6 is 11.6 Å². The van der Waals surface area contributed by atoms with E-state index in [9.17, 15) is 5.11 Å². The second kappa shape index (κ2) is 3.79. The number of hydrogen-bond acceptors (Lipinski definition) is 2. The number of benzene rings is 1. The number of anilines is 1. The normalized spacial score (nSPS) is 14.1. The fourth-order valence-corrected chi connectivity index (χ4v) is 1.44. The van der Waals surface area contributed by atoms with Crippen LogP contribution in [0, 0.1) is 5.41 Å². The summed E-state index contributed by atoms with van der Waals surface area (Å²) in [6.07, 6.45) is -0.570. The third-order valence-electron chi connectivity index (χ3n) is 2.16. The van der Waals surface area contributed by atoms with Gasteiger partial charge in [0, 0.05) is 16.3 Å². The molecule has 0 bridgehead atoms. The highest BCUT2D eigenvalue weighted by atomic mass is 35.5. The zero-order valence-corrected chi connectivity index (χ0v) is 9.47. The number of rotatable bonds is 1. The van der Waals surface area contributed by atoms with E-state index in [2.05, 4.69) is 0 Å². The summed E-state index contributed by atoms with van der Waals surface area (Å²) in [5.41, 5.74) is 6.83. The summed E-state index contributed by atoms with van der Waals surface area (Å²) in [4.78, 5) is 0. The van der Waals surface area contributed by atoms with Gasteiger partial charge in [0.15, 0.2) is 0 Å². The number of halogens is 1. The number of hydrogen-bond donors (Lipinski definition) is 2. The number of aliphatic hydroxyl groups excluding tert-OH is 1. The molecule has 0 spiro atoms. The molecule has 0 saturated carbocycles. The third kappa shape index (κ3) is 2.40. The lowest BCUT2D eigenvalue weighted by atomic mass is 9.84. The summed E-state index contributed by atoms with van der Waals surface area (Å²) >= 11 is 5.77. The topological polar surface area (TPSA) is 46.2 Å². The van der Waals surface area contributed by atoms with Crippen LogP contribution in [0.2, 0.25) is 5.02 Å². The Labute approximate surface area is 89.7 Å². The molecule has 1 atom stereocenters. The van der Waals surface area contributed by atoms with Gasteiger partial charge in [0.1, 0.15) is 0 Å². The summed E-state index contributed by atoms with van der Waals surface area (Å²) < 4.78 is 0. The van der Waals surface area contributed by atoms with E-state index >= 15 is 0 Å². The molecule has 1 rings (SSSR count). The molecule has 1 aromatic rings. The molecular formula is C11H16ClNO. The first kappa shape index (κ1) is 11.3. The standard InChI is InChI=1S/C11H16ClNO/c1-11(2,3)10(14)8-5-4-7(12)6-9(8)13/h4-6,10,14H,13H2,1-3H3. The number of aliphatic hydroxyl groups is 1. The van der Waals surface area contributed by atoms with Crippen LogP contribution in [0.3, 0.4) is 0 Å². The van der Waals surface area contributed by atoms with Gasteiger partial charge in [-0.15, -0.1) is 0 Å². The Morgan fingerprint density at radius 2 is 1.93 bits per heavy atom. The van der Waals surface area contributed by atoms with Crippen molar-refractivity contribution in [2.24, 2.45) is 5.41 Å². The van der Waals surface area contributed by atoms with E-state index in [1.807, 2.05) is 20.8 Å². The lowest BCUT2D eigenvalue weighted by molar-refractivity contribution is 0.0633. The predicted molar refractivity (Wildman–Crippen MR) is 60.3 cm³/mol. The molecule has 3 N–H and O–H groups in total. The van der Waals surface area contributed by atoms with Gasteiger partial charge in [0.25, 0.3) is 0 Å². The molecule has 0 aliphatic rings. The predicted octanol–water partition coefficient (Wildman–Crippen LogP) is 3.00. The van der Waals surface area contributed by atoms with E-state index in [-0.39, 0.29) is 5.41 Å². The minimum atomic E-state index is -0.570. The molecule has 78 valence electrons. The van der Waals surface area contributed by atoms with Crippen molar-refractivity contribution in [3.05, 3.63) is 28.8 Å². The molecule has 0 aliphatic heterocycles. The molecule has 2 nitrogen and oxygen atoms in total. The molecule has 3 heteroatoms. The second-order valence-electron chi connectivity index (χ2n) is 4.54. The van der Waals surface area contributed by atoms with Crippen molar-refractivity contribution in [1.29, 1.82) is 0 Å². The van der Waals surface area contributed by atoms with E-state index < -0.39 is 6.10 Å². The van der Waals surface area contributed by atoms with E-state index in [1.54, 1.807) is 18.2 Å². The summed E-state index contributed by atoms with van der Waals surface area (Å²) in [6, 6.07) is 5.17. The largest absolute Gasteiger partial charge is 0.398 e. The van der Waals surface area contributed by atoms with E-state index in [4.69, 9.17) is 17.3 Å². The first-order chi connectivity index (χ1) is 6.32. The highest BCUT2D eigenvalue weighted by molar-refractivity contribution is 6.30. The van der Waals surface area contributed by atoms with E-state index in [1.165, 1.54) is 0 Å². The number of nitrogens with two attached hydrogens (primary N) is 1. The Hall–Kier alpha value is -0.730. The fraction of sp³-hybridized carbons (Fsp3) is 0.455. The molecule has 1 aromatic carbocycles. The second-order valence-corrected chi connectivity index (χ2v) is 4.98. The minimum absolute atomic E-state index is 0.220. The maximum absolute atomic E-state index is 10.0. The highest BCUT2D eigenvalue weighted by Gasteiger charge is 2.25. The van der Waals surface area contributed by atoms with Gasteiger partial charge in [0.2, 0.25) is 0 Å². The molecule has 0 amide bonds. The van der Waals surface area contributed by atoms with Crippen LogP contribution in [0.25, 0.3) is 0 Å². The Morgan fingerprint density at radius 1 is 1.36 bits per heavy atom. The van der Waals surface area contributed by atoms with Crippen LogP contribution in [-0.2, 0) is 0 Å². The van der Waals surface area contributed by atoms with Crippen LogP contribution in [-0.4, -0.2) is 5.11 Å². The van der Waals surface area contributed by atoms with Crippen molar-refractivity contribution in [2.75, 3.05) is 5.73 Å². The molecular weight excluding hydrogens is 198 g/mol. The molecule has 14 heavy (non-hydrogen) atoms. The van der Waals surface area contributed by atoms with Gasteiger partial charge in [0.05, 0.1) is 6.10 Å². The van der Waals surface area contributed by atoms with Gasteiger partial charge in [-0.25, -0.2) is 0 Å². The molecule has 0 aromatic heterocycles. The SMILES string of the molecule is CC(C)(C)C(O)c1ccc(Cl)cc1N. The van der Waals surface area contributed by atoms with Crippen molar-refractivity contribution in [2.45, 2.75) is 26.9 Å². The maximum Gasteiger partial charge on any atom is 0.0858 e. The summed E-state index contributed by atoms with van der Waals surface area (Å²) in [6.45, 7) is 5.89. The average Bonchev–Trinajstić information content (AvgIpc) is 2.01. The van der Waals surface area contributed by atoms with E-state index in [0.717, 1.165) is 5.56 Å². The first-order valence-electron chi connectivity index (χ1n) is 4.55. The molecule has 1 unspecified atom stereocenters. The van der Waals surface area contributed by atoms with Gasteiger partial charge in [-0.2, -0.15) is 0 Å². The van der Waals surface area contributed by atoms with Gasteiger partial charge in [-0.1, -0.05) is 38.4 Å². The maximum atomic E-state index is 10.0. The van der Waals surface area contributed by atoms with Crippen molar-refractivity contribution in [3.8, 4) is 0 Å². The van der Waals surface area contributed by atoms with Crippen molar-refractivity contribution in [3.63, 3.8) is 0 Å². The lowest BCUT2D eigenvalue weighted by Crippen LogP contribution is -2.18. The molecule has 0 heterocycles. The quantitative estimate of drug-likeness (QED) is 0.705. The Balaban J connectivity index is 3.08. The van der Waals surface area contributed by atoms with Crippen molar-refractivity contribution in [1.82, 2.24) is 0 Å². The van der Waals surface area contributed by atoms with Gasteiger partial charge in [-0.3, -0.25) is 0 Å². The Kier molecular flexibility index (Phi) is 3.07. The van der Waals surface area contributed by atoms with Crippen LogP contribution in [0.15, 0.2) is 18.2 Å². The minimum Gasteiger partial charge on any atom is -0.398 e. The smallest absolute Gasteiger partial charge is 0.0858 e. The van der Waals surface area contributed by atoms with Gasteiger partial charge >= 0.3 is 0 Å². The zero-order chi connectivity index (χ0) is 10.9. The van der Waals surface area contributed by atoms with Crippen LogP contribution in [0.1, 0.15) is 32.4 Å². The van der Waals surface area contributed by atoms with Crippen molar-refractivity contribution < 1.29 is 5.11 Å². The summed E-state index contributed by atoms with van der Waals surface area (Å²) in [7, 11) is 0. The average molecular weight is 214 g/mol. The molecule has 0 fully saturated rings. The van der Waals surface area contributed by atoms with Gasteiger partial charge < -0.3 is 10.8 Å². The molecule has 0 radical (unpaired) electrons. The third-order valence-corrected chi connectivity index (χ3v) is 2.40. The highest BCUT2D eigenvalue weighted by Crippen LogP contribution is 2.35. The Bertz CT molecular complexity index is 331. The van der Waals surface area contributed by atoms with Crippen molar-refractivity contribution >= 4 is 17.3 Å². The van der Waals surface area contributed by atoms with Crippen LogP contribution < -0.4 is 5.73 Å². The van der Waals surface area contributed by atoms with Crippen LogP contribution in [0.4, 0.5) is 5.69 Å².